The summed E-state index contributed by atoms with van der Waals surface area (Å²) in [7, 11) is 0. The number of halogens is 1. The number of nitrogens with zero attached hydrogens (tertiary/aromatic N) is 2. The van der Waals surface area contributed by atoms with Gasteiger partial charge in [-0.15, -0.1) is 5.10 Å². The minimum atomic E-state index is -1.04. The van der Waals surface area contributed by atoms with Gasteiger partial charge in [0.05, 0.1) is 17.7 Å². The Kier molecular flexibility index (Phi) is 6.39. The summed E-state index contributed by atoms with van der Waals surface area (Å²) in [6.07, 6.45) is 2.82. The third-order valence-corrected chi connectivity index (χ3v) is 4.17. The molecule has 1 fully saturated rings. The molecule has 9 heteroatoms. The standard InChI is InChI=1S/C15H14ClN3O4S/c1-2-5-23-11-4-3-9(6-10(11)16)8-17-19-15-18-14(22)12(24-15)7-13(20)21/h2-4,6,8,12H,1,5,7H2,(H,20,21)(H,18,19,22). The van der Waals surface area contributed by atoms with Gasteiger partial charge in [-0.05, 0) is 23.8 Å². The Morgan fingerprint density at radius 1 is 1.54 bits per heavy atom. The van der Waals surface area contributed by atoms with Gasteiger partial charge in [0.15, 0.2) is 5.17 Å². The number of carboxylic acid groups (broad SMARTS) is 1. The van der Waals surface area contributed by atoms with Gasteiger partial charge in [-0.2, -0.15) is 5.10 Å². The highest BCUT2D eigenvalue weighted by molar-refractivity contribution is 8.15. The van der Waals surface area contributed by atoms with Crippen molar-refractivity contribution in [1.29, 1.82) is 0 Å². The minimum absolute atomic E-state index is 0.263. The highest BCUT2D eigenvalue weighted by Crippen LogP contribution is 2.25. The molecule has 0 bridgehead atoms. The van der Waals surface area contributed by atoms with Crippen LogP contribution in [-0.4, -0.2) is 40.2 Å². The minimum Gasteiger partial charge on any atom is -0.488 e. The average Bonchev–Trinajstić information content (AvgIpc) is 2.85. The Bertz CT molecular complexity index is 721. The molecule has 1 aliphatic heterocycles. The highest BCUT2D eigenvalue weighted by Gasteiger charge is 2.32. The normalized spacial score (nSPS) is 18.8. The molecule has 1 amide bonds. The number of carbonyl (C=O) groups excluding carboxylic acids is 1. The van der Waals surface area contributed by atoms with Crippen molar-refractivity contribution in [3.05, 3.63) is 41.4 Å². The van der Waals surface area contributed by atoms with E-state index in [0.29, 0.717) is 22.9 Å². The first-order valence-electron chi connectivity index (χ1n) is 6.83. The van der Waals surface area contributed by atoms with E-state index in [1.54, 1.807) is 24.3 Å². The van der Waals surface area contributed by atoms with Gasteiger partial charge in [-0.1, -0.05) is 36.0 Å². The molecule has 7 nitrogen and oxygen atoms in total. The zero-order valence-corrected chi connectivity index (χ0v) is 14.0. The molecule has 126 valence electrons. The van der Waals surface area contributed by atoms with Crippen LogP contribution in [0.25, 0.3) is 0 Å². The summed E-state index contributed by atoms with van der Waals surface area (Å²) in [6, 6.07) is 5.12. The summed E-state index contributed by atoms with van der Waals surface area (Å²) in [6.45, 7) is 3.92. The number of nitrogens with one attached hydrogen (secondary N) is 1. The molecule has 0 radical (unpaired) electrons. The number of thioether (sulfide) groups is 1. The first kappa shape index (κ1) is 18.0. The van der Waals surface area contributed by atoms with Crippen molar-refractivity contribution in [3.63, 3.8) is 0 Å². The molecule has 1 aliphatic rings. The second-order valence-corrected chi connectivity index (χ2v) is 6.23. The SMILES string of the molecule is C=CCOc1ccc(C=NN=C2NC(=O)C(CC(=O)O)S2)cc1Cl. The molecule has 1 atom stereocenters. The van der Waals surface area contributed by atoms with Gasteiger partial charge < -0.3 is 15.2 Å². The lowest BCUT2D eigenvalue weighted by molar-refractivity contribution is -0.138. The number of hydrogen-bond acceptors (Lipinski definition) is 6. The molecule has 0 aromatic heterocycles. The van der Waals surface area contributed by atoms with E-state index in [1.807, 2.05) is 0 Å². The Morgan fingerprint density at radius 3 is 3.00 bits per heavy atom. The summed E-state index contributed by atoms with van der Waals surface area (Å²) >= 11 is 7.12. The lowest BCUT2D eigenvalue weighted by Crippen LogP contribution is -2.26. The number of benzene rings is 1. The van der Waals surface area contributed by atoms with Crippen LogP contribution in [0, 0.1) is 0 Å². The average molecular weight is 368 g/mol. The third kappa shape index (κ3) is 5.10. The van der Waals surface area contributed by atoms with Crippen molar-refractivity contribution in [2.45, 2.75) is 11.7 Å². The van der Waals surface area contributed by atoms with Crippen LogP contribution in [0.3, 0.4) is 0 Å². The molecule has 1 aromatic rings. The topological polar surface area (TPSA) is 100 Å². The Hall–Kier alpha value is -2.32. The van der Waals surface area contributed by atoms with Crippen LogP contribution < -0.4 is 10.1 Å². The largest absolute Gasteiger partial charge is 0.488 e. The van der Waals surface area contributed by atoms with Gasteiger partial charge in [-0.3, -0.25) is 9.59 Å². The molecule has 1 aromatic carbocycles. The Balaban J connectivity index is 1.99. The van der Waals surface area contributed by atoms with Gasteiger partial charge in [0.2, 0.25) is 5.91 Å². The van der Waals surface area contributed by atoms with Crippen molar-refractivity contribution in [1.82, 2.24) is 5.32 Å². The number of amides is 1. The maximum atomic E-state index is 11.6. The van der Waals surface area contributed by atoms with Crippen LogP contribution in [0.1, 0.15) is 12.0 Å². The number of carboxylic acids is 1. The molecule has 2 rings (SSSR count). The van der Waals surface area contributed by atoms with Crippen LogP contribution in [0.4, 0.5) is 0 Å². The van der Waals surface area contributed by atoms with Crippen molar-refractivity contribution < 1.29 is 19.4 Å². The first-order valence-corrected chi connectivity index (χ1v) is 8.09. The van der Waals surface area contributed by atoms with Crippen LogP contribution >= 0.6 is 23.4 Å². The molecule has 0 spiro atoms. The second kappa shape index (κ2) is 8.51. The van der Waals surface area contributed by atoms with E-state index in [4.69, 9.17) is 21.4 Å². The summed E-state index contributed by atoms with van der Waals surface area (Å²) in [4.78, 5) is 22.2. The summed E-state index contributed by atoms with van der Waals surface area (Å²) in [5.74, 6) is -0.890. The highest BCUT2D eigenvalue weighted by atomic mass is 35.5. The fourth-order valence-electron chi connectivity index (χ4n) is 1.76. The molecular weight excluding hydrogens is 354 g/mol. The lowest BCUT2D eigenvalue weighted by Gasteiger charge is -2.05. The number of carbonyl (C=O) groups is 2. The van der Waals surface area contributed by atoms with Crippen LogP contribution in [0.5, 0.6) is 5.75 Å². The van der Waals surface area contributed by atoms with Crippen molar-refractivity contribution >= 4 is 46.6 Å². The van der Waals surface area contributed by atoms with Crippen molar-refractivity contribution in [2.24, 2.45) is 10.2 Å². The second-order valence-electron chi connectivity index (χ2n) is 4.63. The fourth-order valence-corrected chi connectivity index (χ4v) is 2.91. The third-order valence-electron chi connectivity index (χ3n) is 2.80. The van der Waals surface area contributed by atoms with Gasteiger partial charge in [-0.25, -0.2) is 0 Å². The number of amidine groups is 1. The van der Waals surface area contributed by atoms with Crippen LogP contribution in [0.2, 0.25) is 5.02 Å². The summed E-state index contributed by atoms with van der Waals surface area (Å²) in [5, 5.41) is 18.9. The van der Waals surface area contributed by atoms with E-state index in [0.717, 1.165) is 11.8 Å². The smallest absolute Gasteiger partial charge is 0.305 e. The van der Waals surface area contributed by atoms with Gasteiger partial charge >= 0.3 is 5.97 Å². The molecule has 2 N–H and O–H groups in total. The maximum absolute atomic E-state index is 11.6. The van der Waals surface area contributed by atoms with Crippen LogP contribution in [0.15, 0.2) is 41.1 Å². The predicted molar refractivity (Wildman–Crippen MR) is 93.9 cm³/mol. The van der Waals surface area contributed by atoms with E-state index in [-0.39, 0.29) is 17.5 Å². The van der Waals surface area contributed by atoms with E-state index >= 15 is 0 Å². The molecule has 0 aliphatic carbocycles. The molecular formula is C15H14ClN3O4S. The van der Waals surface area contributed by atoms with Gasteiger partial charge in [0.25, 0.3) is 0 Å². The lowest BCUT2D eigenvalue weighted by atomic mass is 10.2. The van der Waals surface area contributed by atoms with Crippen molar-refractivity contribution in [2.75, 3.05) is 6.61 Å². The summed E-state index contributed by atoms with van der Waals surface area (Å²) in [5.41, 5.74) is 0.701. The Morgan fingerprint density at radius 2 is 2.33 bits per heavy atom. The predicted octanol–water partition coefficient (Wildman–Crippen LogP) is 2.30. The van der Waals surface area contributed by atoms with Gasteiger partial charge in [0, 0.05) is 0 Å². The monoisotopic (exact) mass is 367 g/mol. The maximum Gasteiger partial charge on any atom is 0.305 e. The molecule has 1 saturated heterocycles. The molecule has 1 unspecified atom stereocenters. The van der Waals surface area contributed by atoms with Crippen molar-refractivity contribution in [3.8, 4) is 5.75 Å². The Labute approximate surface area is 147 Å². The molecule has 0 saturated carbocycles. The number of hydrogen-bond donors (Lipinski definition) is 2. The van der Waals surface area contributed by atoms with Crippen LogP contribution in [-0.2, 0) is 9.59 Å². The number of rotatable bonds is 7. The van der Waals surface area contributed by atoms with Gasteiger partial charge in [0.1, 0.15) is 17.6 Å². The molecule has 1 heterocycles. The molecule has 24 heavy (non-hydrogen) atoms. The quantitative estimate of drug-likeness (QED) is 0.437. The zero-order valence-electron chi connectivity index (χ0n) is 12.4. The fraction of sp³-hybridized carbons (Fsp3) is 0.200. The number of ether oxygens (including phenoxy) is 1. The van der Waals surface area contributed by atoms with E-state index in [1.165, 1.54) is 6.21 Å². The van der Waals surface area contributed by atoms with E-state index in [2.05, 4.69) is 22.1 Å². The summed E-state index contributed by atoms with van der Waals surface area (Å²) < 4.78 is 5.36. The van der Waals surface area contributed by atoms with E-state index in [9.17, 15) is 9.59 Å². The van der Waals surface area contributed by atoms with E-state index < -0.39 is 11.2 Å². The zero-order chi connectivity index (χ0) is 17.5. The first-order chi connectivity index (χ1) is 11.5. The number of aliphatic carboxylic acids is 1.